The van der Waals surface area contributed by atoms with E-state index in [9.17, 15) is 0 Å². The van der Waals surface area contributed by atoms with Crippen LogP contribution in [0.2, 0.25) is 0 Å². The second-order valence-electron chi connectivity index (χ2n) is 9.29. The Morgan fingerprint density at radius 1 is 1.07 bits per heavy atom. The lowest BCUT2D eigenvalue weighted by molar-refractivity contribution is 0.148. The summed E-state index contributed by atoms with van der Waals surface area (Å²) in [5.74, 6) is 1.15. The number of hydrogen-bond donors (Lipinski definition) is 1. The molecule has 2 aromatic rings. The Morgan fingerprint density at radius 2 is 1.86 bits per heavy atom. The highest BCUT2D eigenvalue weighted by molar-refractivity contribution is 5.54. The summed E-state index contributed by atoms with van der Waals surface area (Å²) >= 11 is 0. The minimum absolute atomic E-state index is 0.166. The summed E-state index contributed by atoms with van der Waals surface area (Å²) in [6.07, 6.45) is 12.4. The molecule has 28 heavy (non-hydrogen) atoms. The first kappa shape index (κ1) is 17.9. The smallest absolute Gasteiger partial charge is 0.139 e. The molecule has 1 atom stereocenters. The second-order valence-corrected chi connectivity index (χ2v) is 9.29. The first-order valence-electron chi connectivity index (χ1n) is 10.7. The van der Waals surface area contributed by atoms with E-state index in [-0.39, 0.29) is 5.41 Å². The van der Waals surface area contributed by atoms with Gasteiger partial charge >= 0.3 is 0 Å². The number of benzene rings is 1. The predicted molar refractivity (Wildman–Crippen MR) is 114 cm³/mol. The van der Waals surface area contributed by atoms with Crippen LogP contribution in [0.15, 0.2) is 36.7 Å². The van der Waals surface area contributed by atoms with Crippen molar-refractivity contribution in [3.05, 3.63) is 52.8 Å². The number of fused-ring (bicyclic) bond motifs is 1. The predicted octanol–water partition coefficient (Wildman–Crippen LogP) is 2.27. The number of aryl methyl sites for hydroxylation is 1. The van der Waals surface area contributed by atoms with Gasteiger partial charge in [0.15, 0.2) is 0 Å². The minimum atomic E-state index is 0.166. The van der Waals surface area contributed by atoms with Crippen molar-refractivity contribution in [1.29, 1.82) is 0 Å². The van der Waals surface area contributed by atoms with Gasteiger partial charge in [-0.2, -0.15) is 0 Å². The van der Waals surface area contributed by atoms with Crippen LogP contribution in [0, 0.1) is 10.8 Å². The van der Waals surface area contributed by atoms with Crippen molar-refractivity contribution < 1.29 is 0 Å². The third kappa shape index (κ3) is 3.35. The van der Waals surface area contributed by atoms with Gasteiger partial charge in [0.2, 0.25) is 0 Å². The lowest BCUT2D eigenvalue weighted by Gasteiger charge is -2.53. The summed E-state index contributed by atoms with van der Waals surface area (Å²) < 4.78 is 0. The number of nitrogens with zero attached hydrogens (tertiary/aromatic N) is 3. The quantitative estimate of drug-likeness (QED) is 0.891. The molecule has 2 saturated heterocycles. The van der Waals surface area contributed by atoms with Crippen LogP contribution in [0.5, 0.6) is 0 Å². The van der Waals surface area contributed by atoms with Crippen LogP contribution in [0.1, 0.15) is 38.2 Å². The van der Waals surface area contributed by atoms with Crippen LogP contribution in [-0.4, -0.2) is 36.1 Å². The molecular weight excluding hydrogens is 344 g/mol. The van der Waals surface area contributed by atoms with Crippen LogP contribution in [0.25, 0.3) is 12.2 Å². The number of rotatable bonds is 4. The average Bonchev–Trinajstić information content (AvgIpc) is 2.72. The Labute approximate surface area is 167 Å². The summed E-state index contributed by atoms with van der Waals surface area (Å²) in [4.78, 5) is 11.8. The number of anilines is 1. The van der Waals surface area contributed by atoms with E-state index < -0.39 is 0 Å². The van der Waals surface area contributed by atoms with Gasteiger partial charge in [0.1, 0.15) is 12.1 Å². The van der Waals surface area contributed by atoms with E-state index in [1.807, 2.05) is 0 Å². The monoisotopic (exact) mass is 374 g/mol. The molecule has 1 aromatic carbocycles. The van der Waals surface area contributed by atoms with Crippen molar-refractivity contribution in [2.75, 3.05) is 31.1 Å². The molecule has 1 spiro atoms. The Balaban J connectivity index is 1.39. The van der Waals surface area contributed by atoms with Crippen molar-refractivity contribution in [3.63, 3.8) is 0 Å². The maximum absolute atomic E-state index is 4.72. The molecule has 4 heteroatoms. The molecule has 1 unspecified atom stereocenters. The molecule has 1 aromatic heterocycles. The van der Waals surface area contributed by atoms with E-state index in [2.05, 4.69) is 64.6 Å². The lowest BCUT2D eigenvalue weighted by atomic mass is 9.72. The van der Waals surface area contributed by atoms with E-state index in [0.29, 0.717) is 5.41 Å². The molecule has 0 amide bonds. The zero-order valence-corrected chi connectivity index (χ0v) is 16.8. The molecule has 0 radical (unpaired) electrons. The van der Waals surface area contributed by atoms with Gasteiger partial charge in [0.05, 0.1) is 5.35 Å². The second kappa shape index (κ2) is 7.00. The van der Waals surface area contributed by atoms with Crippen molar-refractivity contribution in [3.8, 4) is 0 Å². The van der Waals surface area contributed by atoms with Crippen molar-refractivity contribution in [2.24, 2.45) is 10.8 Å². The summed E-state index contributed by atoms with van der Waals surface area (Å²) in [5.41, 5.74) is 2.10. The van der Waals surface area contributed by atoms with E-state index in [1.165, 1.54) is 23.6 Å². The molecule has 3 aliphatic rings. The van der Waals surface area contributed by atoms with Gasteiger partial charge in [-0.15, -0.1) is 0 Å². The maximum atomic E-state index is 4.72. The van der Waals surface area contributed by atoms with E-state index in [0.717, 1.165) is 56.6 Å². The maximum Gasteiger partial charge on any atom is 0.139 e. The summed E-state index contributed by atoms with van der Waals surface area (Å²) in [6.45, 7) is 7.00. The Kier molecular flexibility index (Phi) is 4.47. The SMILES string of the molecule is CC1(CCc2ccccc2)C=c2c(N3CC4(CCNCC4)C3)ncnc2=CC1. The number of hydrogen-bond acceptors (Lipinski definition) is 4. The first-order valence-corrected chi connectivity index (χ1v) is 10.7. The Morgan fingerprint density at radius 3 is 2.64 bits per heavy atom. The molecule has 3 heterocycles. The zero-order valence-electron chi connectivity index (χ0n) is 16.8. The molecule has 2 aliphatic heterocycles. The molecular formula is C24H30N4. The highest BCUT2D eigenvalue weighted by atomic mass is 15.3. The van der Waals surface area contributed by atoms with E-state index in [4.69, 9.17) is 4.98 Å². The molecule has 2 fully saturated rings. The van der Waals surface area contributed by atoms with Crippen LogP contribution < -0.4 is 20.8 Å². The number of piperidine rings is 1. The fraction of sp³-hybridized carbons (Fsp3) is 0.500. The van der Waals surface area contributed by atoms with Gasteiger partial charge < -0.3 is 10.2 Å². The lowest BCUT2D eigenvalue weighted by Crippen LogP contribution is -2.62. The van der Waals surface area contributed by atoms with Crippen molar-refractivity contribution in [1.82, 2.24) is 15.3 Å². The normalized spacial score (nSPS) is 25.4. The average molecular weight is 375 g/mol. The van der Waals surface area contributed by atoms with Gasteiger partial charge in [0, 0.05) is 23.7 Å². The first-order chi connectivity index (χ1) is 13.6. The van der Waals surface area contributed by atoms with Crippen molar-refractivity contribution in [2.45, 2.75) is 39.0 Å². The summed E-state index contributed by atoms with van der Waals surface area (Å²) in [6, 6.07) is 10.8. The van der Waals surface area contributed by atoms with E-state index in [1.54, 1.807) is 6.33 Å². The molecule has 4 nitrogen and oxygen atoms in total. The standard InChI is InChI=1S/C24H30N4/c1-23(9-7-19-5-3-2-4-6-19)10-8-21-20(15-23)22(27-18-26-21)28-16-24(17-28)11-13-25-14-12-24/h2-6,8,15,18,25H,7,9-14,16-17H2,1H3. The third-order valence-electron chi connectivity index (χ3n) is 6.99. The van der Waals surface area contributed by atoms with Crippen LogP contribution >= 0.6 is 0 Å². The fourth-order valence-electron chi connectivity index (χ4n) is 5.13. The molecule has 5 rings (SSSR count). The summed E-state index contributed by atoms with van der Waals surface area (Å²) in [5, 5.41) is 5.87. The fourth-order valence-corrected chi connectivity index (χ4v) is 5.13. The van der Waals surface area contributed by atoms with Crippen LogP contribution in [-0.2, 0) is 6.42 Å². The topological polar surface area (TPSA) is 41.0 Å². The molecule has 1 N–H and O–H groups in total. The van der Waals surface area contributed by atoms with Gasteiger partial charge in [-0.1, -0.05) is 49.4 Å². The third-order valence-corrected chi connectivity index (χ3v) is 6.99. The van der Waals surface area contributed by atoms with Crippen molar-refractivity contribution >= 4 is 18.0 Å². The minimum Gasteiger partial charge on any atom is -0.355 e. The highest BCUT2D eigenvalue weighted by Crippen LogP contribution is 2.40. The molecule has 0 saturated carbocycles. The number of nitrogens with one attached hydrogen (secondary N) is 1. The summed E-state index contributed by atoms with van der Waals surface area (Å²) in [7, 11) is 0. The van der Waals surface area contributed by atoms with Gasteiger partial charge in [-0.3, -0.25) is 0 Å². The largest absolute Gasteiger partial charge is 0.355 e. The molecule has 1 aliphatic carbocycles. The molecule has 0 bridgehead atoms. The highest BCUT2D eigenvalue weighted by Gasteiger charge is 2.44. The van der Waals surface area contributed by atoms with Gasteiger partial charge in [0.25, 0.3) is 0 Å². The number of aromatic nitrogens is 2. The Hall–Kier alpha value is -2.20. The van der Waals surface area contributed by atoms with Gasteiger partial charge in [-0.05, 0) is 56.2 Å². The Bertz CT molecular complexity index is 954. The van der Waals surface area contributed by atoms with E-state index >= 15 is 0 Å². The van der Waals surface area contributed by atoms with Crippen LogP contribution in [0.4, 0.5) is 5.82 Å². The van der Waals surface area contributed by atoms with Crippen LogP contribution in [0.3, 0.4) is 0 Å². The van der Waals surface area contributed by atoms with Gasteiger partial charge in [-0.25, -0.2) is 9.97 Å². The zero-order chi connectivity index (χ0) is 19.0. The molecule has 146 valence electrons.